The van der Waals surface area contributed by atoms with Gasteiger partial charge >= 0.3 is 0 Å². The lowest BCUT2D eigenvalue weighted by atomic mass is 10.2. The maximum atomic E-state index is 11.0. The Labute approximate surface area is 84.8 Å². The van der Waals surface area contributed by atoms with Crippen LogP contribution in [0, 0.1) is 0 Å². The van der Waals surface area contributed by atoms with Gasteiger partial charge in [-0.3, -0.25) is 9.69 Å². The predicted octanol–water partition coefficient (Wildman–Crippen LogP) is -0.312. The Bertz CT molecular complexity index is 219. The van der Waals surface area contributed by atoms with E-state index < -0.39 is 0 Å². The molecule has 2 aliphatic rings. The first-order chi connectivity index (χ1) is 6.79. The first kappa shape index (κ1) is 9.93. The highest BCUT2D eigenvalue weighted by atomic mass is 16.1. The number of hydrogen-bond acceptors (Lipinski definition) is 3. The lowest BCUT2D eigenvalue weighted by molar-refractivity contribution is -0.119. The Morgan fingerprint density at radius 1 is 1.50 bits per heavy atom. The molecule has 2 rings (SSSR count). The van der Waals surface area contributed by atoms with E-state index in [1.807, 2.05) is 0 Å². The summed E-state index contributed by atoms with van der Waals surface area (Å²) in [6, 6.07) is 0.919. The molecule has 0 aromatic heterocycles. The molecule has 2 fully saturated rings. The van der Waals surface area contributed by atoms with Crippen molar-refractivity contribution in [3.8, 4) is 0 Å². The van der Waals surface area contributed by atoms with Crippen LogP contribution in [0.25, 0.3) is 0 Å². The van der Waals surface area contributed by atoms with Gasteiger partial charge in [0.2, 0.25) is 5.91 Å². The van der Waals surface area contributed by atoms with Crippen molar-refractivity contribution >= 4 is 5.91 Å². The van der Waals surface area contributed by atoms with E-state index in [0.717, 1.165) is 26.1 Å². The standard InChI is InChI=1S/C10H19N3O/c11-6-9-2-1-5-13(9)7-8-3-4-10(14)12-8/h8-9H,1-7,11H2,(H,12,14). The van der Waals surface area contributed by atoms with E-state index in [1.165, 1.54) is 12.8 Å². The van der Waals surface area contributed by atoms with Crippen LogP contribution in [0.15, 0.2) is 0 Å². The molecule has 0 aromatic carbocycles. The predicted molar refractivity (Wildman–Crippen MR) is 54.8 cm³/mol. The van der Waals surface area contributed by atoms with E-state index in [-0.39, 0.29) is 5.91 Å². The molecule has 4 heteroatoms. The van der Waals surface area contributed by atoms with Crippen LogP contribution in [-0.2, 0) is 4.79 Å². The molecule has 0 bridgehead atoms. The molecule has 2 atom stereocenters. The molecule has 2 unspecified atom stereocenters. The van der Waals surface area contributed by atoms with Crippen LogP contribution in [0.5, 0.6) is 0 Å². The summed E-state index contributed by atoms with van der Waals surface area (Å²) in [5, 5.41) is 3.00. The summed E-state index contributed by atoms with van der Waals surface area (Å²) in [6.45, 7) is 2.89. The van der Waals surface area contributed by atoms with Gasteiger partial charge in [0.05, 0.1) is 0 Å². The van der Waals surface area contributed by atoms with E-state index in [2.05, 4.69) is 10.2 Å². The lowest BCUT2D eigenvalue weighted by Gasteiger charge is -2.25. The number of likely N-dealkylation sites (tertiary alicyclic amines) is 1. The van der Waals surface area contributed by atoms with Gasteiger partial charge in [-0.1, -0.05) is 0 Å². The largest absolute Gasteiger partial charge is 0.352 e. The van der Waals surface area contributed by atoms with Crippen molar-refractivity contribution in [2.24, 2.45) is 5.73 Å². The van der Waals surface area contributed by atoms with E-state index in [0.29, 0.717) is 18.5 Å². The molecule has 0 radical (unpaired) electrons. The van der Waals surface area contributed by atoms with Crippen molar-refractivity contribution < 1.29 is 4.79 Å². The van der Waals surface area contributed by atoms with Crippen LogP contribution >= 0.6 is 0 Å². The SMILES string of the molecule is NCC1CCCN1CC1CCC(=O)N1. The first-order valence-electron chi connectivity index (χ1n) is 5.53. The van der Waals surface area contributed by atoms with Crippen LogP contribution in [0.1, 0.15) is 25.7 Å². The molecule has 0 saturated carbocycles. The van der Waals surface area contributed by atoms with Gasteiger partial charge in [0.1, 0.15) is 0 Å². The van der Waals surface area contributed by atoms with Crippen LogP contribution < -0.4 is 11.1 Å². The second kappa shape index (κ2) is 4.28. The van der Waals surface area contributed by atoms with Crippen molar-refractivity contribution in [2.75, 3.05) is 19.6 Å². The monoisotopic (exact) mass is 197 g/mol. The fourth-order valence-corrected chi connectivity index (χ4v) is 2.50. The smallest absolute Gasteiger partial charge is 0.220 e. The molecule has 2 saturated heterocycles. The summed E-state index contributed by atoms with van der Waals surface area (Å²) in [4.78, 5) is 13.5. The van der Waals surface area contributed by atoms with E-state index in [4.69, 9.17) is 5.73 Å². The van der Waals surface area contributed by atoms with Gasteiger partial charge in [-0.2, -0.15) is 0 Å². The van der Waals surface area contributed by atoms with Gasteiger partial charge in [-0.05, 0) is 25.8 Å². The fraction of sp³-hybridized carbons (Fsp3) is 0.900. The molecule has 2 heterocycles. The molecular formula is C10H19N3O. The second-order valence-corrected chi connectivity index (χ2v) is 4.33. The Kier molecular flexibility index (Phi) is 3.03. The average molecular weight is 197 g/mol. The second-order valence-electron chi connectivity index (χ2n) is 4.33. The molecule has 80 valence electrons. The number of carbonyl (C=O) groups excluding carboxylic acids is 1. The molecule has 2 aliphatic heterocycles. The number of nitrogens with one attached hydrogen (secondary N) is 1. The third-order valence-electron chi connectivity index (χ3n) is 3.31. The van der Waals surface area contributed by atoms with Crippen molar-refractivity contribution in [1.82, 2.24) is 10.2 Å². The van der Waals surface area contributed by atoms with E-state index in [1.54, 1.807) is 0 Å². The van der Waals surface area contributed by atoms with Gasteiger partial charge in [-0.25, -0.2) is 0 Å². The zero-order valence-electron chi connectivity index (χ0n) is 8.54. The summed E-state index contributed by atoms with van der Waals surface area (Å²) in [5.41, 5.74) is 5.70. The molecule has 3 N–H and O–H groups in total. The summed E-state index contributed by atoms with van der Waals surface area (Å²) >= 11 is 0. The van der Waals surface area contributed by atoms with Gasteiger partial charge in [0.15, 0.2) is 0 Å². The summed E-state index contributed by atoms with van der Waals surface area (Å²) < 4.78 is 0. The maximum Gasteiger partial charge on any atom is 0.220 e. The summed E-state index contributed by atoms with van der Waals surface area (Å²) in [5.74, 6) is 0.207. The summed E-state index contributed by atoms with van der Waals surface area (Å²) in [6.07, 6.45) is 4.16. The minimum atomic E-state index is 0.207. The third-order valence-corrected chi connectivity index (χ3v) is 3.31. The van der Waals surface area contributed by atoms with Gasteiger partial charge < -0.3 is 11.1 Å². The zero-order chi connectivity index (χ0) is 9.97. The van der Waals surface area contributed by atoms with Crippen molar-refractivity contribution in [3.63, 3.8) is 0 Å². The van der Waals surface area contributed by atoms with Crippen molar-refractivity contribution in [1.29, 1.82) is 0 Å². The summed E-state index contributed by atoms with van der Waals surface area (Å²) in [7, 11) is 0. The number of nitrogens with two attached hydrogens (primary N) is 1. The van der Waals surface area contributed by atoms with Gasteiger partial charge in [0, 0.05) is 31.6 Å². The van der Waals surface area contributed by atoms with Crippen LogP contribution in [0.3, 0.4) is 0 Å². The minimum Gasteiger partial charge on any atom is -0.352 e. The molecule has 0 spiro atoms. The lowest BCUT2D eigenvalue weighted by Crippen LogP contribution is -2.43. The first-order valence-corrected chi connectivity index (χ1v) is 5.53. The Balaban J connectivity index is 1.81. The number of amides is 1. The maximum absolute atomic E-state index is 11.0. The Morgan fingerprint density at radius 2 is 2.36 bits per heavy atom. The highest BCUT2D eigenvalue weighted by molar-refractivity contribution is 5.78. The number of carbonyl (C=O) groups is 1. The van der Waals surface area contributed by atoms with Crippen molar-refractivity contribution in [2.45, 2.75) is 37.8 Å². The molecule has 0 aliphatic carbocycles. The van der Waals surface area contributed by atoms with Crippen LogP contribution in [0.4, 0.5) is 0 Å². The molecule has 14 heavy (non-hydrogen) atoms. The number of nitrogens with zero attached hydrogens (tertiary/aromatic N) is 1. The fourth-order valence-electron chi connectivity index (χ4n) is 2.50. The van der Waals surface area contributed by atoms with Crippen LogP contribution in [-0.4, -0.2) is 42.5 Å². The van der Waals surface area contributed by atoms with E-state index in [9.17, 15) is 4.79 Å². The normalized spacial score (nSPS) is 33.6. The zero-order valence-corrected chi connectivity index (χ0v) is 8.54. The molecule has 0 aromatic rings. The van der Waals surface area contributed by atoms with Gasteiger partial charge in [-0.15, -0.1) is 0 Å². The topological polar surface area (TPSA) is 58.4 Å². The highest BCUT2D eigenvalue weighted by Crippen LogP contribution is 2.18. The molecular weight excluding hydrogens is 178 g/mol. The van der Waals surface area contributed by atoms with Crippen molar-refractivity contribution in [3.05, 3.63) is 0 Å². The van der Waals surface area contributed by atoms with Gasteiger partial charge in [0.25, 0.3) is 0 Å². The Morgan fingerprint density at radius 3 is 3.00 bits per heavy atom. The van der Waals surface area contributed by atoms with E-state index >= 15 is 0 Å². The molecule has 1 amide bonds. The number of hydrogen-bond donors (Lipinski definition) is 2. The molecule has 4 nitrogen and oxygen atoms in total. The number of rotatable bonds is 3. The average Bonchev–Trinajstić information content (AvgIpc) is 2.76. The van der Waals surface area contributed by atoms with Crippen LogP contribution in [0.2, 0.25) is 0 Å². The quantitative estimate of drug-likeness (QED) is 0.652. The third kappa shape index (κ3) is 2.07. The minimum absolute atomic E-state index is 0.207. The Hall–Kier alpha value is -0.610. The highest BCUT2D eigenvalue weighted by Gasteiger charge is 2.28.